The number of rotatable bonds is 9. The highest BCUT2D eigenvalue weighted by molar-refractivity contribution is 6.24. The monoisotopic (exact) mass is 400 g/mol. The molecule has 0 saturated heterocycles. The molecule has 1 aliphatic rings. The van der Waals surface area contributed by atoms with Gasteiger partial charge in [0.05, 0.1) is 30.0 Å². The third-order valence-electron chi connectivity index (χ3n) is 4.81. The number of carboxylic acid groups (broad SMARTS) is 2. The summed E-state index contributed by atoms with van der Waals surface area (Å²) in [6.45, 7) is 2.00. The predicted octanol–water partition coefficient (Wildman–Crippen LogP) is 2.44. The molecule has 0 spiro atoms. The molecule has 1 aromatic heterocycles. The van der Waals surface area contributed by atoms with Gasteiger partial charge in [-0.15, -0.1) is 0 Å². The van der Waals surface area contributed by atoms with Crippen LogP contribution in [0.1, 0.15) is 46.2 Å². The van der Waals surface area contributed by atoms with Gasteiger partial charge in [0.1, 0.15) is 5.76 Å². The molecule has 29 heavy (non-hydrogen) atoms. The normalized spacial score (nSPS) is 14.2. The fourth-order valence-electron chi connectivity index (χ4n) is 3.52. The van der Waals surface area contributed by atoms with E-state index < -0.39 is 35.7 Å². The summed E-state index contributed by atoms with van der Waals surface area (Å²) >= 11 is 0. The van der Waals surface area contributed by atoms with E-state index in [-0.39, 0.29) is 24.1 Å². The van der Waals surface area contributed by atoms with Crippen LogP contribution in [0.4, 0.5) is 5.69 Å². The Morgan fingerprint density at radius 1 is 1.10 bits per heavy atom. The molecule has 0 bridgehead atoms. The zero-order valence-electron chi connectivity index (χ0n) is 15.6. The van der Waals surface area contributed by atoms with Crippen molar-refractivity contribution >= 4 is 29.4 Å². The van der Waals surface area contributed by atoms with Crippen LogP contribution in [0.2, 0.25) is 0 Å². The number of carbonyl (C=O) groups is 4. The third kappa shape index (κ3) is 3.71. The number of hydrogen-bond donors (Lipinski definition) is 3. The SMILES string of the molecule is CCCC(C(C(=O)O)C(=O)O)N1C(=O)c2cccc(NCc3ccco3)c2C1=O. The van der Waals surface area contributed by atoms with E-state index in [1.165, 1.54) is 12.3 Å². The van der Waals surface area contributed by atoms with Gasteiger partial charge in [0, 0.05) is 5.69 Å². The Labute approximate surface area is 165 Å². The minimum absolute atomic E-state index is 0.0594. The smallest absolute Gasteiger partial charge is 0.320 e. The quantitative estimate of drug-likeness (QED) is 0.431. The van der Waals surface area contributed by atoms with Gasteiger partial charge in [0.25, 0.3) is 11.8 Å². The van der Waals surface area contributed by atoms with E-state index in [4.69, 9.17) is 4.42 Å². The fourth-order valence-corrected chi connectivity index (χ4v) is 3.52. The molecule has 9 heteroatoms. The lowest BCUT2D eigenvalue weighted by molar-refractivity contribution is -0.157. The van der Waals surface area contributed by atoms with Gasteiger partial charge in [0.2, 0.25) is 0 Å². The van der Waals surface area contributed by atoms with Crippen LogP contribution in [0.15, 0.2) is 41.0 Å². The third-order valence-corrected chi connectivity index (χ3v) is 4.81. The molecule has 0 saturated carbocycles. The minimum atomic E-state index is -1.91. The lowest BCUT2D eigenvalue weighted by Gasteiger charge is -2.28. The number of benzene rings is 1. The molecule has 2 amide bonds. The van der Waals surface area contributed by atoms with Gasteiger partial charge in [-0.05, 0) is 30.7 Å². The van der Waals surface area contributed by atoms with Crippen LogP contribution < -0.4 is 5.32 Å². The Morgan fingerprint density at radius 2 is 1.83 bits per heavy atom. The summed E-state index contributed by atoms with van der Waals surface area (Å²) in [4.78, 5) is 49.9. The van der Waals surface area contributed by atoms with Crippen molar-refractivity contribution in [3.05, 3.63) is 53.5 Å². The van der Waals surface area contributed by atoms with Crippen molar-refractivity contribution in [2.75, 3.05) is 5.32 Å². The molecule has 9 nitrogen and oxygen atoms in total. The molecule has 1 atom stereocenters. The van der Waals surface area contributed by atoms with Gasteiger partial charge < -0.3 is 19.9 Å². The number of carboxylic acids is 2. The lowest BCUT2D eigenvalue weighted by atomic mass is 9.94. The van der Waals surface area contributed by atoms with Crippen LogP contribution in [-0.4, -0.2) is 44.9 Å². The van der Waals surface area contributed by atoms with Gasteiger partial charge >= 0.3 is 11.9 Å². The maximum Gasteiger partial charge on any atom is 0.320 e. The number of nitrogens with zero attached hydrogens (tertiary/aromatic N) is 1. The summed E-state index contributed by atoms with van der Waals surface area (Å²) < 4.78 is 5.24. The number of hydrogen-bond acceptors (Lipinski definition) is 6. The maximum absolute atomic E-state index is 13.1. The largest absolute Gasteiger partial charge is 0.481 e. The summed E-state index contributed by atoms with van der Waals surface area (Å²) in [7, 11) is 0. The van der Waals surface area contributed by atoms with Gasteiger partial charge in [-0.3, -0.25) is 24.1 Å². The fraction of sp³-hybridized carbons (Fsp3) is 0.300. The second-order valence-electron chi connectivity index (χ2n) is 6.65. The first-order valence-electron chi connectivity index (χ1n) is 9.09. The average Bonchev–Trinajstić information content (AvgIpc) is 3.27. The number of amides is 2. The van der Waals surface area contributed by atoms with Crippen molar-refractivity contribution in [2.24, 2.45) is 5.92 Å². The molecular weight excluding hydrogens is 380 g/mol. The maximum atomic E-state index is 13.1. The van der Waals surface area contributed by atoms with Gasteiger partial charge in [-0.25, -0.2) is 0 Å². The van der Waals surface area contributed by atoms with Crippen molar-refractivity contribution in [1.29, 1.82) is 0 Å². The van der Waals surface area contributed by atoms with Crippen molar-refractivity contribution in [2.45, 2.75) is 32.4 Å². The predicted molar refractivity (Wildman–Crippen MR) is 100 cm³/mol. The molecule has 1 aliphatic heterocycles. The number of nitrogens with one attached hydrogen (secondary N) is 1. The van der Waals surface area contributed by atoms with Gasteiger partial charge in [0.15, 0.2) is 5.92 Å². The van der Waals surface area contributed by atoms with Gasteiger partial charge in [-0.1, -0.05) is 19.4 Å². The van der Waals surface area contributed by atoms with E-state index in [9.17, 15) is 29.4 Å². The van der Waals surface area contributed by atoms with Crippen LogP contribution in [0.3, 0.4) is 0 Å². The number of carbonyl (C=O) groups excluding carboxylic acids is 2. The number of furan rings is 1. The van der Waals surface area contributed by atoms with Crippen LogP contribution in [0, 0.1) is 5.92 Å². The molecule has 2 heterocycles. The summed E-state index contributed by atoms with van der Waals surface area (Å²) in [6, 6.07) is 6.86. The summed E-state index contributed by atoms with van der Waals surface area (Å²) in [5.41, 5.74) is 0.590. The number of anilines is 1. The summed E-state index contributed by atoms with van der Waals surface area (Å²) in [5.74, 6) is -5.88. The molecule has 1 aromatic carbocycles. The molecule has 152 valence electrons. The molecule has 3 rings (SSSR count). The van der Waals surface area contributed by atoms with E-state index >= 15 is 0 Å². The van der Waals surface area contributed by atoms with Crippen LogP contribution in [0.25, 0.3) is 0 Å². The number of fused-ring (bicyclic) bond motifs is 1. The second-order valence-corrected chi connectivity index (χ2v) is 6.65. The minimum Gasteiger partial charge on any atom is -0.481 e. The van der Waals surface area contributed by atoms with Crippen molar-refractivity contribution in [1.82, 2.24) is 4.90 Å². The Balaban J connectivity index is 1.96. The Bertz CT molecular complexity index is 938. The van der Waals surface area contributed by atoms with E-state index in [0.717, 1.165) is 4.90 Å². The molecule has 2 aromatic rings. The van der Waals surface area contributed by atoms with E-state index in [2.05, 4.69) is 5.32 Å². The highest BCUT2D eigenvalue weighted by atomic mass is 16.4. The van der Waals surface area contributed by atoms with E-state index in [1.54, 1.807) is 31.2 Å². The molecule has 0 aliphatic carbocycles. The molecule has 0 fully saturated rings. The number of aliphatic carboxylic acids is 2. The highest BCUT2D eigenvalue weighted by Crippen LogP contribution is 2.34. The molecular formula is C20H20N2O7. The Hall–Kier alpha value is -3.62. The standard InChI is InChI=1S/C20H20N2O7/c1-2-5-14(16(19(25)26)20(27)28)22-17(23)12-7-3-8-13(15(12)18(22)24)21-10-11-6-4-9-29-11/h3-4,6-9,14,16,21H,2,5,10H2,1H3,(H,25,26)(H,27,28). The Morgan fingerprint density at radius 3 is 2.41 bits per heavy atom. The molecule has 3 N–H and O–H groups in total. The first-order valence-corrected chi connectivity index (χ1v) is 9.09. The molecule has 0 radical (unpaired) electrons. The Kier molecular flexibility index (Phi) is 5.67. The first kappa shape index (κ1) is 20.1. The van der Waals surface area contributed by atoms with Crippen molar-refractivity contribution in [3.8, 4) is 0 Å². The number of imide groups is 1. The summed E-state index contributed by atoms with van der Waals surface area (Å²) in [5, 5.41) is 21.8. The van der Waals surface area contributed by atoms with Crippen LogP contribution >= 0.6 is 0 Å². The molecule has 1 unspecified atom stereocenters. The highest BCUT2D eigenvalue weighted by Gasteiger charge is 2.47. The lowest BCUT2D eigenvalue weighted by Crippen LogP contribution is -2.49. The van der Waals surface area contributed by atoms with Crippen molar-refractivity contribution < 1.29 is 33.8 Å². The second kappa shape index (κ2) is 8.17. The topological polar surface area (TPSA) is 137 Å². The van der Waals surface area contributed by atoms with Gasteiger partial charge in [-0.2, -0.15) is 0 Å². The van der Waals surface area contributed by atoms with Crippen molar-refractivity contribution in [3.63, 3.8) is 0 Å². The zero-order chi connectivity index (χ0) is 21.1. The summed E-state index contributed by atoms with van der Waals surface area (Å²) in [6.07, 6.45) is 1.97. The average molecular weight is 400 g/mol. The van der Waals surface area contributed by atoms with E-state index in [1.807, 2.05) is 0 Å². The first-order chi connectivity index (χ1) is 13.9. The van der Waals surface area contributed by atoms with E-state index in [0.29, 0.717) is 17.9 Å². The van der Waals surface area contributed by atoms with Crippen LogP contribution in [-0.2, 0) is 16.1 Å². The zero-order valence-corrected chi connectivity index (χ0v) is 15.6. The van der Waals surface area contributed by atoms with Crippen LogP contribution in [0.5, 0.6) is 0 Å².